The molecule has 2 aliphatic heterocycles. The topological polar surface area (TPSA) is 27.7 Å². The Morgan fingerprint density at radius 2 is 1.75 bits per heavy atom. The van der Waals surface area contributed by atoms with Gasteiger partial charge in [-0.3, -0.25) is 0 Å². The van der Waals surface area contributed by atoms with Crippen LogP contribution in [0.25, 0.3) is 0 Å². The second-order valence-electron chi connectivity index (χ2n) is 6.92. The van der Waals surface area contributed by atoms with Crippen LogP contribution < -0.4 is 10.2 Å². The molecule has 0 aromatic heterocycles. The molecule has 3 rings (SSSR count). The molecule has 0 spiro atoms. The molecule has 0 radical (unpaired) electrons. The second-order valence-corrected chi connectivity index (χ2v) is 6.92. The summed E-state index contributed by atoms with van der Waals surface area (Å²) >= 11 is 0. The Bertz CT molecular complexity index is 508. The van der Waals surface area contributed by atoms with Crippen molar-refractivity contribution in [2.45, 2.75) is 58.2 Å². The zero-order valence-corrected chi connectivity index (χ0v) is 13.0. The van der Waals surface area contributed by atoms with Gasteiger partial charge >= 0.3 is 7.12 Å². The van der Waals surface area contributed by atoms with Crippen molar-refractivity contribution in [3.05, 3.63) is 23.8 Å². The standard InChI is InChI=1S/C16H23BO3/c1-11-8-9-18-14-7-6-12(10-13(11)14)17-19-15(2,3)16(4,5)20-17/h6-7,10-11H,8-9H2,1-5H3/t11-/m0/s1. The minimum Gasteiger partial charge on any atom is -0.493 e. The van der Waals surface area contributed by atoms with Gasteiger partial charge in [-0.05, 0) is 57.1 Å². The van der Waals surface area contributed by atoms with Gasteiger partial charge < -0.3 is 14.0 Å². The first-order valence-electron chi connectivity index (χ1n) is 7.42. The Labute approximate surface area is 121 Å². The third-order valence-electron chi connectivity index (χ3n) is 4.90. The average Bonchev–Trinajstić information content (AvgIpc) is 2.59. The minimum absolute atomic E-state index is 0.292. The number of rotatable bonds is 1. The van der Waals surface area contributed by atoms with Crippen LogP contribution in [0.1, 0.15) is 52.5 Å². The fourth-order valence-corrected chi connectivity index (χ4v) is 2.71. The van der Waals surface area contributed by atoms with Gasteiger partial charge in [0.25, 0.3) is 0 Å². The smallest absolute Gasteiger partial charge is 0.493 e. The summed E-state index contributed by atoms with van der Waals surface area (Å²) in [5, 5.41) is 0. The summed E-state index contributed by atoms with van der Waals surface area (Å²) in [7, 11) is -0.292. The summed E-state index contributed by atoms with van der Waals surface area (Å²) in [6.07, 6.45) is 1.07. The molecule has 1 aromatic carbocycles. The van der Waals surface area contributed by atoms with Gasteiger partial charge in [0, 0.05) is 0 Å². The molecule has 0 unspecified atom stereocenters. The van der Waals surface area contributed by atoms with E-state index < -0.39 is 0 Å². The predicted molar refractivity (Wildman–Crippen MR) is 80.7 cm³/mol. The maximum Gasteiger partial charge on any atom is 0.494 e. The lowest BCUT2D eigenvalue weighted by Crippen LogP contribution is -2.41. The second kappa shape index (κ2) is 4.50. The minimum atomic E-state index is -0.296. The Morgan fingerprint density at radius 3 is 2.40 bits per heavy atom. The molecular formula is C16H23BO3. The first kappa shape index (κ1) is 14.0. The molecule has 4 heteroatoms. The van der Waals surface area contributed by atoms with E-state index in [4.69, 9.17) is 14.0 Å². The Hall–Kier alpha value is -0.995. The predicted octanol–water partition coefficient (Wildman–Crippen LogP) is 2.87. The fourth-order valence-electron chi connectivity index (χ4n) is 2.71. The molecule has 0 amide bonds. The largest absolute Gasteiger partial charge is 0.494 e. The fraction of sp³-hybridized carbons (Fsp3) is 0.625. The highest BCUT2D eigenvalue weighted by molar-refractivity contribution is 6.62. The van der Waals surface area contributed by atoms with Crippen molar-refractivity contribution in [1.29, 1.82) is 0 Å². The van der Waals surface area contributed by atoms with E-state index in [0.717, 1.165) is 24.2 Å². The molecule has 1 aromatic rings. The maximum absolute atomic E-state index is 6.11. The van der Waals surface area contributed by atoms with Crippen LogP contribution in [0.2, 0.25) is 0 Å². The van der Waals surface area contributed by atoms with Crippen LogP contribution in [-0.4, -0.2) is 24.9 Å². The summed E-state index contributed by atoms with van der Waals surface area (Å²) in [6, 6.07) is 6.28. The third kappa shape index (κ3) is 2.15. The van der Waals surface area contributed by atoms with Crippen molar-refractivity contribution in [2.24, 2.45) is 0 Å². The molecule has 0 N–H and O–H groups in total. The summed E-state index contributed by atoms with van der Waals surface area (Å²) in [5.41, 5.74) is 1.76. The Balaban J connectivity index is 1.91. The Morgan fingerprint density at radius 1 is 1.10 bits per heavy atom. The normalized spacial score (nSPS) is 27.1. The molecule has 20 heavy (non-hydrogen) atoms. The van der Waals surface area contributed by atoms with Crippen molar-refractivity contribution < 1.29 is 14.0 Å². The molecule has 3 nitrogen and oxygen atoms in total. The number of hydrogen-bond donors (Lipinski definition) is 0. The van der Waals surface area contributed by atoms with Crippen LogP contribution in [0, 0.1) is 0 Å². The van der Waals surface area contributed by atoms with Crippen LogP contribution in [-0.2, 0) is 9.31 Å². The van der Waals surface area contributed by atoms with Crippen LogP contribution in [0.3, 0.4) is 0 Å². The summed E-state index contributed by atoms with van der Waals surface area (Å²) in [4.78, 5) is 0. The Kier molecular flexibility index (Phi) is 3.14. The monoisotopic (exact) mass is 274 g/mol. The molecule has 0 saturated carbocycles. The van der Waals surface area contributed by atoms with Crippen LogP contribution >= 0.6 is 0 Å². The molecule has 108 valence electrons. The molecule has 0 aliphatic carbocycles. The highest BCUT2D eigenvalue weighted by Gasteiger charge is 2.51. The van der Waals surface area contributed by atoms with E-state index in [1.165, 1.54) is 5.56 Å². The molecule has 1 fully saturated rings. The van der Waals surface area contributed by atoms with Crippen molar-refractivity contribution >= 4 is 12.6 Å². The van der Waals surface area contributed by atoms with E-state index in [2.05, 4.69) is 46.8 Å². The number of ether oxygens (including phenoxy) is 1. The highest BCUT2D eigenvalue weighted by Crippen LogP contribution is 2.37. The van der Waals surface area contributed by atoms with Gasteiger partial charge in [0.05, 0.1) is 17.8 Å². The van der Waals surface area contributed by atoms with E-state index in [1.54, 1.807) is 0 Å². The van der Waals surface area contributed by atoms with Crippen molar-refractivity contribution in [3.63, 3.8) is 0 Å². The summed E-state index contributed by atoms with van der Waals surface area (Å²) in [6.45, 7) is 11.4. The molecule has 0 bridgehead atoms. The zero-order chi connectivity index (χ0) is 14.5. The van der Waals surface area contributed by atoms with Crippen LogP contribution in [0.15, 0.2) is 18.2 Å². The van der Waals surface area contributed by atoms with E-state index in [0.29, 0.717) is 5.92 Å². The lowest BCUT2D eigenvalue weighted by atomic mass is 9.77. The molecular weight excluding hydrogens is 251 g/mol. The number of hydrogen-bond acceptors (Lipinski definition) is 3. The zero-order valence-electron chi connectivity index (χ0n) is 13.0. The van der Waals surface area contributed by atoms with E-state index in [-0.39, 0.29) is 18.3 Å². The van der Waals surface area contributed by atoms with Gasteiger partial charge in [-0.1, -0.05) is 19.1 Å². The quantitative estimate of drug-likeness (QED) is 0.737. The molecule has 2 heterocycles. The van der Waals surface area contributed by atoms with Gasteiger partial charge in [0.1, 0.15) is 5.75 Å². The highest BCUT2D eigenvalue weighted by atomic mass is 16.7. The van der Waals surface area contributed by atoms with Crippen molar-refractivity contribution in [1.82, 2.24) is 0 Å². The van der Waals surface area contributed by atoms with E-state index >= 15 is 0 Å². The molecule has 1 saturated heterocycles. The first-order chi connectivity index (χ1) is 9.30. The first-order valence-corrected chi connectivity index (χ1v) is 7.42. The van der Waals surface area contributed by atoms with E-state index in [9.17, 15) is 0 Å². The lowest BCUT2D eigenvalue weighted by molar-refractivity contribution is 0.00578. The van der Waals surface area contributed by atoms with Gasteiger partial charge in [-0.15, -0.1) is 0 Å². The third-order valence-corrected chi connectivity index (χ3v) is 4.90. The summed E-state index contributed by atoms with van der Waals surface area (Å²) < 4.78 is 17.9. The van der Waals surface area contributed by atoms with Crippen molar-refractivity contribution in [2.75, 3.05) is 6.61 Å². The van der Waals surface area contributed by atoms with Gasteiger partial charge in [-0.25, -0.2) is 0 Å². The maximum atomic E-state index is 6.11. The SMILES string of the molecule is C[C@H]1CCOc2ccc(B3OC(C)(C)C(C)(C)O3)cc21. The van der Waals surface area contributed by atoms with Crippen LogP contribution in [0.5, 0.6) is 5.75 Å². The van der Waals surface area contributed by atoms with Crippen molar-refractivity contribution in [3.8, 4) is 5.75 Å². The van der Waals surface area contributed by atoms with E-state index in [1.807, 2.05) is 6.07 Å². The van der Waals surface area contributed by atoms with Gasteiger partial charge in [-0.2, -0.15) is 0 Å². The summed E-state index contributed by atoms with van der Waals surface area (Å²) in [5.74, 6) is 1.53. The number of benzene rings is 1. The molecule has 1 atom stereocenters. The lowest BCUT2D eigenvalue weighted by Gasteiger charge is -2.32. The number of fused-ring (bicyclic) bond motifs is 1. The van der Waals surface area contributed by atoms with Crippen LogP contribution in [0.4, 0.5) is 0 Å². The van der Waals surface area contributed by atoms with Gasteiger partial charge in [0.2, 0.25) is 0 Å². The van der Waals surface area contributed by atoms with Gasteiger partial charge in [0.15, 0.2) is 0 Å². The average molecular weight is 274 g/mol. The molecule has 2 aliphatic rings.